The second kappa shape index (κ2) is 6.24. The molecule has 2 amide bonds. The Kier molecular flexibility index (Phi) is 5.62. The smallest absolute Gasteiger partial charge is 0.312 e. The SMILES string of the molecule is CC(CC(=O)O)NCCNC(N)=O. The Morgan fingerprint density at radius 2 is 2.08 bits per heavy atom. The van der Waals surface area contributed by atoms with Gasteiger partial charge in [-0.1, -0.05) is 0 Å². The zero-order valence-electron chi connectivity index (χ0n) is 7.54. The van der Waals surface area contributed by atoms with Gasteiger partial charge in [0.05, 0.1) is 6.42 Å². The molecule has 0 rings (SSSR count). The van der Waals surface area contributed by atoms with Gasteiger partial charge in [0.1, 0.15) is 0 Å². The quantitative estimate of drug-likeness (QED) is 0.407. The maximum Gasteiger partial charge on any atom is 0.312 e. The van der Waals surface area contributed by atoms with Gasteiger partial charge in [-0.05, 0) is 6.92 Å². The molecule has 0 bridgehead atoms. The molecule has 0 spiro atoms. The molecular formula is C7H15N3O3. The van der Waals surface area contributed by atoms with Crippen molar-refractivity contribution >= 4 is 12.0 Å². The topological polar surface area (TPSA) is 104 Å². The van der Waals surface area contributed by atoms with Crippen molar-refractivity contribution in [3.63, 3.8) is 0 Å². The van der Waals surface area contributed by atoms with E-state index in [2.05, 4.69) is 10.6 Å². The number of amides is 2. The number of hydrogen-bond donors (Lipinski definition) is 4. The first-order valence-corrected chi connectivity index (χ1v) is 4.01. The van der Waals surface area contributed by atoms with Crippen LogP contribution in [0.15, 0.2) is 0 Å². The molecule has 0 aliphatic carbocycles. The summed E-state index contributed by atoms with van der Waals surface area (Å²) in [6, 6.07) is -0.681. The molecular weight excluding hydrogens is 174 g/mol. The van der Waals surface area contributed by atoms with Gasteiger partial charge < -0.3 is 21.5 Å². The standard InChI is InChI=1S/C7H15N3O3/c1-5(4-6(11)12)9-2-3-10-7(8)13/h5,9H,2-4H2,1H3,(H,11,12)(H3,8,10,13). The summed E-state index contributed by atoms with van der Waals surface area (Å²) < 4.78 is 0. The van der Waals surface area contributed by atoms with E-state index in [1.54, 1.807) is 6.92 Å². The number of hydrogen-bond acceptors (Lipinski definition) is 3. The molecule has 0 heterocycles. The molecule has 6 heteroatoms. The van der Waals surface area contributed by atoms with Gasteiger partial charge >= 0.3 is 12.0 Å². The summed E-state index contributed by atoms with van der Waals surface area (Å²) >= 11 is 0. The first kappa shape index (κ1) is 11.7. The van der Waals surface area contributed by atoms with E-state index < -0.39 is 12.0 Å². The lowest BCUT2D eigenvalue weighted by Gasteiger charge is -2.10. The van der Waals surface area contributed by atoms with Gasteiger partial charge in [0.25, 0.3) is 0 Å². The largest absolute Gasteiger partial charge is 0.481 e. The molecule has 0 aromatic heterocycles. The molecule has 0 radical (unpaired) electrons. The highest BCUT2D eigenvalue weighted by Crippen LogP contribution is 1.88. The zero-order valence-corrected chi connectivity index (χ0v) is 7.54. The van der Waals surface area contributed by atoms with E-state index in [1.807, 2.05) is 0 Å². The third-order valence-corrected chi connectivity index (χ3v) is 1.40. The molecule has 0 saturated carbocycles. The number of nitrogens with two attached hydrogens (primary N) is 1. The van der Waals surface area contributed by atoms with E-state index >= 15 is 0 Å². The highest BCUT2D eigenvalue weighted by Gasteiger charge is 2.05. The normalized spacial score (nSPS) is 12.1. The number of urea groups is 1. The summed E-state index contributed by atoms with van der Waals surface area (Å²) in [5.74, 6) is -0.845. The average molecular weight is 189 g/mol. The van der Waals surface area contributed by atoms with Gasteiger partial charge in [0.15, 0.2) is 0 Å². The fourth-order valence-corrected chi connectivity index (χ4v) is 0.838. The van der Waals surface area contributed by atoms with Gasteiger partial charge in [0, 0.05) is 19.1 Å². The van der Waals surface area contributed by atoms with Crippen LogP contribution in [-0.2, 0) is 4.79 Å². The number of carboxylic acid groups (broad SMARTS) is 1. The minimum absolute atomic E-state index is 0.0660. The van der Waals surface area contributed by atoms with E-state index in [1.165, 1.54) is 0 Å². The zero-order chi connectivity index (χ0) is 10.3. The molecule has 0 fully saturated rings. The molecule has 0 aromatic rings. The number of primary amides is 1. The Morgan fingerprint density at radius 3 is 2.54 bits per heavy atom. The third kappa shape index (κ3) is 8.61. The maximum absolute atomic E-state index is 10.2. The maximum atomic E-state index is 10.2. The highest BCUT2D eigenvalue weighted by atomic mass is 16.4. The fourth-order valence-electron chi connectivity index (χ4n) is 0.838. The molecule has 6 nitrogen and oxygen atoms in total. The van der Waals surface area contributed by atoms with Gasteiger partial charge in [-0.25, -0.2) is 4.79 Å². The Balaban J connectivity index is 3.31. The molecule has 0 aliphatic heterocycles. The lowest BCUT2D eigenvalue weighted by Crippen LogP contribution is -2.38. The summed E-state index contributed by atoms with van der Waals surface area (Å²) in [6.07, 6.45) is 0.0660. The minimum atomic E-state index is -0.845. The number of rotatable bonds is 6. The van der Waals surface area contributed by atoms with Crippen molar-refractivity contribution in [3.05, 3.63) is 0 Å². The van der Waals surface area contributed by atoms with Crippen molar-refractivity contribution in [2.75, 3.05) is 13.1 Å². The molecule has 76 valence electrons. The van der Waals surface area contributed by atoms with E-state index in [0.29, 0.717) is 13.1 Å². The number of carboxylic acids is 1. The van der Waals surface area contributed by atoms with Gasteiger partial charge in [-0.3, -0.25) is 4.79 Å². The predicted octanol–water partition coefficient (Wildman–Crippen LogP) is -0.892. The molecule has 0 saturated heterocycles. The molecule has 5 N–H and O–H groups in total. The molecule has 1 unspecified atom stereocenters. The summed E-state index contributed by atoms with van der Waals surface area (Å²) in [4.78, 5) is 20.4. The van der Waals surface area contributed by atoms with E-state index in [-0.39, 0.29) is 12.5 Å². The van der Waals surface area contributed by atoms with Crippen LogP contribution in [0.3, 0.4) is 0 Å². The van der Waals surface area contributed by atoms with Crippen LogP contribution in [-0.4, -0.2) is 36.2 Å². The number of nitrogens with one attached hydrogen (secondary N) is 2. The van der Waals surface area contributed by atoms with Crippen LogP contribution in [0.4, 0.5) is 4.79 Å². The Morgan fingerprint density at radius 1 is 1.46 bits per heavy atom. The molecule has 1 atom stereocenters. The van der Waals surface area contributed by atoms with E-state index in [0.717, 1.165) is 0 Å². The highest BCUT2D eigenvalue weighted by molar-refractivity contribution is 5.71. The van der Waals surface area contributed by atoms with Crippen molar-refractivity contribution in [2.24, 2.45) is 5.73 Å². The third-order valence-electron chi connectivity index (χ3n) is 1.40. The average Bonchev–Trinajstić information content (AvgIpc) is 1.96. The van der Waals surface area contributed by atoms with Crippen molar-refractivity contribution < 1.29 is 14.7 Å². The predicted molar refractivity (Wildman–Crippen MR) is 47.3 cm³/mol. The molecule has 0 aromatic carbocycles. The summed E-state index contributed by atoms with van der Waals surface area (Å²) in [5.41, 5.74) is 4.82. The van der Waals surface area contributed by atoms with E-state index in [9.17, 15) is 9.59 Å². The Labute approximate surface area is 76.5 Å². The van der Waals surface area contributed by atoms with Crippen LogP contribution in [0, 0.1) is 0 Å². The van der Waals surface area contributed by atoms with Gasteiger partial charge in [-0.2, -0.15) is 0 Å². The van der Waals surface area contributed by atoms with Gasteiger partial charge in [-0.15, -0.1) is 0 Å². The lowest BCUT2D eigenvalue weighted by atomic mass is 10.2. The lowest BCUT2D eigenvalue weighted by molar-refractivity contribution is -0.137. The van der Waals surface area contributed by atoms with Crippen molar-refractivity contribution in [3.8, 4) is 0 Å². The number of aliphatic carboxylic acids is 1. The summed E-state index contributed by atoms with van der Waals surface area (Å²) in [6.45, 7) is 2.68. The van der Waals surface area contributed by atoms with Crippen LogP contribution in [0.2, 0.25) is 0 Å². The van der Waals surface area contributed by atoms with Crippen molar-refractivity contribution in [2.45, 2.75) is 19.4 Å². The van der Waals surface area contributed by atoms with Crippen LogP contribution in [0.5, 0.6) is 0 Å². The van der Waals surface area contributed by atoms with Crippen LogP contribution >= 0.6 is 0 Å². The van der Waals surface area contributed by atoms with Crippen LogP contribution < -0.4 is 16.4 Å². The van der Waals surface area contributed by atoms with Crippen molar-refractivity contribution in [1.82, 2.24) is 10.6 Å². The van der Waals surface area contributed by atoms with Gasteiger partial charge in [0.2, 0.25) is 0 Å². The second-order valence-electron chi connectivity index (χ2n) is 2.74. The first-order chi connectivity index (χ1) is 6.02. The second-order valence-corrected chi connectivity index (χ2v) is 2.74. The Bertz CT molecular complexity index is 184. The Hall–Kier alpha value is -1.30. The van der Waals surface area contributed by atoms with Crippen LogP contribution in [0.1, 0.15) is 13.3 Å². The molecule has 13 heavy (non-hydrogen) atoms. The molecule has 0 aliphatic rings. The van der Waals surface area contributed by atoms with Crippen molar-refractivity contribution in [1.29, 1.82) is 0 Å². The fraction of sp³-hybridized carbons (Fsp3) is 0.714. The minimum Gasteiger partial charge on any atom is -0.481 e. The van der Waals surface area contributed by atoms with Crippen LogP contribution in [0.25, 0.3) is 0 Å². The monoisotopic (exact) mass is 189 g/mol. The number of carbonyl (C=O) groups is 2. The summed E-state index contributed by atoms with van der Waals surface area (Å²) in [7, 11) is 0. The number of carbonyl (C=O) groups excluding carboxylic acids is 1. The van der Waals surface area contributed by atoms with E-state index in [4.69, 9.17) is 10.8 Å². The first-order valence-electron chi connectivity index (χ1n) is 4.01. The summed E-state index contributed by atoms with van der Waals surface area (Å²) in [5, 5.41) is 13.7.